The first-order valence-electron chi connectivity index (χ1n) is 4.13. The molecule has 0 N–H and O–H groups in total. The van der Waals surface area contributed by atoms with Gasteiger partial charge in [-0.1, -0.05) is 5.06 Å². The number of carbonyl (C=O) groups is 3. The molecule has 0 radical (unpaired) electrons. The molecule has 0 aliphatic carbocycles. The first-order valence-corrected chi connectivity index (χ1v) is 4.13. The fourth-order valence-electron chi connectivity index (χ4n) is 1.26. The van der Waals surface area contributed by atoms with Crippen LogP contribution < -0.4 is 0 Å². The maximum atomic E-state index is 11.5. The highest BCUT2D eigenvalue weighted by atomic mass is 16.7. The zero-order valence-corrected chi connectivity index (χ0v) is 7.76. The molecule has 0 atom stereocenters. The molecule has 0 saturated carbocycles. The standard InChI is InChI=1S/C9H6N2O4/c1-5(12)15-11-8(13)6-3-2-4-10-7(6)9(11)14/h2-4H,1H3. The Hall–Kier alpha value is -2.24. The molecule has 0 bridgehead atoms. The molecule has 76 valence electrons. The van der Waals surface area contributed by atoms with Crippen LogP contribution in [-0.2, 0) is 9.63 Å². The molecule has 0 saturated heterocycles. The van der Waals surface area contributed by atoms with Gasteiger partial charge in [0.15, 0.2) is 0 Å². The monoisotopic (exact) mass is 206 g/mol. The molecule has 2 heterocycles. The van der Waals surface area contributed by atoms with E-state index in [1.807, 2.05) is 0 Å². The van der Waals surface area contributed by atoms with E-state index in [0.717, 1.165) is 6.92 Å². The van der Waals surface area contributed by atoms with Crippen LogP contribution in [0.25, 0.3) is 0 Å². The maximum absolute atomic E-state index is 11.5. The average Bonchev–Trinajstić information content (AvgIpc) is 2.44. The third-order valence-electron chi connectivity index (χ3n) is 1.83. The van der Waals surface area contributed by atoms with Crippen molar-refractivity contribution in [1.82, 2.24) is 10.0 Å². The third kappa shape index (κ3) is 1.35. The van der Waals surface area contributed by atoms with Crippen LogP contribution in [0.2, 0.25) is 0 Å². The van der Waals surface area contributed by atoms with E-state index in [1.54, 1.807) is 0 Å². The Morgan fingerprint density at radius 3 is 2.73 bits per heavy atom. The van der Waals surface area contributed by atoms with Crippen LogP contribution in [0.5, 0.6) is 0 Å². The van der Waals surface area contributed by atoms with Crippen molar-refractivity contribution in [2.45, 2.75) is 6.92 Å². The molecule has 0 unspecified atom stereocenters. The fourth-order valence-corrected chi connectivity index (χ4v) is 1.26. The summed E-state index contributed by atoms with van der Waals surface area (Å²) in [5.41, 5.74) is 0.146. The number of fused-ring (bicyclic) bond motifs is 1. The van der Waals surface area contributed by atoms with Crippen LogP contribution >= 0.6 is 0 Å². The second-order valence-corrected chi connectivity index (χ2v) is 2.89. The molecular formula is C9H6N2O4. The van der Waals surface area contributed by atoms with E-state index in [1.165, 1.54) is 18.3 Å². The van der Waals surface area contributed by atoms with Gasteiger partial charge in [-0.3, -0.25) is 14.6 Å². The van der Waals surface area contributed by atoms with E-state index >= 15 is 0 Å². The molecule has 0 aromatic carbocycles. The summed E-state index contributed by atoms with van der Waals surface area (Å²) in [6, 6.07) is 2.98. The predicted octanol–water partition coefficient (Wildman–Crippen LogP) is 0.156. The summed E-state index contributed by atoms with van der Waals surface area (Å²) in [6.07, 6.45) is 1.39. The molecule has 2 amide bonds. The van der Waals surface area contributed by atoms with E-state index in [-0.39, 0.29) is 11.3 Å². The molecule has 1 aromatic heterocycles. The van der Waals surface area contributed by atoms with Gasteiger partial charge in [0.05, 0.1) is 5.56 Å². The van der Waals surface area contributed by atoms with Crippen LogP contribution in [-0.4, -0.2) is 27.8 Å². The summed E-state index contributed by atoms with van der Waals surface area (Å²) >= 11 is 0. The zero-order chi connectivity index (χ0) is 11.0. The van der Waals surface area contributed by atoms with Gasteiger partial charge in [0.2, 0.25) is 0 Å². The zero-order valence-electron chi connectivity index (χ0n) is 7.76. The van der Waals surface area contributed by atoms with Crippen molar-refractivity contribution in [3.63, 3.8) is 0 Å². The smallest absolute Gasteiger partial charge is 0.330 e. The lowest BCUT2D eigenvalue weighted by Crippen LogP contribution is -2.31. The van der Waals surface area contributed by atoms with Crippen LogP contribution in [0.4, 0.5) is 0 Å². The van der Waals surface area contributed by atoms with Gasteiger partial charge in [0.25, 0.3) is 5.91 Å². The summed E-state index contributed by atoms with van der Waals surface area (Å²) in [5.74, 6) is -2.12. The Labute approximate surface area is 84.4 Å². The highest BCUT2D eigenvalue weighted by molar-refractivity contribution is 6.19. The lowest BCUT2D eigenvalue weighted by atomic mass is 10.2. The van der Waals surface area contributed by atoms with Gasteiger partial charge in [-0.05, 0) is 12.1 Å². The summed E-state index contributed by atoms with van der Waals surface area (Å²) in [6.45, 7) is 1.11. The van der Waals surface area contributed by atoms with Gasteiger partial charge >= 0.3 is 11.9 Å². The molecule has 0 spiro atoms. The number of hydrogen-bond acceptors (Lipinski definition) is 5. The molecule has 6 heteroatoms. The second kappa shape index (κ2) is 3.16. The Balaban J connectivity index is 2.41. The average molecular weight is 206 g/mol. The highest BCUT2D eigenvalue weighted by Crippen LogP contribution is 2.20. The summed E-state index contributed by atoms with van der Waals surface area (Å²) in [4.78, 5) is 41.9. The van der Waals surface area contributed by atoms with E-state index < -0.39 is 17.8 Å². The van der Waals surface area contributed by atoms with Crippen molar-refractivity contribution in [3.8, 4) is 0 Å². The second-order valence-electron chi connectivity index (χ2n) is 2.89. The lowest BCUT2D eigenvalue weighted by molar-refractivity contribution is -0.165. The topological polar surface area (TPSA) is 76.6 Å². The van der Waals surface area contributed by atoms with E-state index in [4.69, 9.17) is 0 Å². The van der Waals surface area contributed by atoms with Crippen LogP contribution in [0.3, 0.4) is 0 Å². The lowest BCUT2D eigenvalue weighted by Gasteiger charge is -2.09. The summed E-state index contributed by atoms with van der Waals surface area (Å²) in [5, 5.41) is 0.417. The molecule has 0 fully saturated rings. The van der Waals surface area contributed by atoms with Crippen LogP contribution in [0.15, 0.2) is 18.3 Å². The van der Waals surface area contributed by atoms with Crippen LogP contribution in [0.1, 0.15) is 27.8 Å². The Kier molecular flexibility index (Phi) is 1.96. The Morgan fingerprint density at radius 1 is 1.40 bits per heavy atom. The molecule has 2 rings (SSSR count). The van der Waals surface area contributed by atoms with Gasteiger partial charge < -0.3 is 4.84 Å². The first-order chi connectivity index (χ1) is 7.11. The fraction of sp³-hybridized carbons (Fsp3) is 0.111. The molecule has 6 nitrogen and oxygen atoms in total. The van der Waals surface area contributed by atoms with Gasteiger partial charge in [0, 0.05) is 13.1 Å². The van der Waals surface area contributed by atoms with Crippen LogP contribution in [0, 0.1) is 0 Å². The van der Waals surface area contributed by atoms with E-state index in [2.05, 4.69) is 9.82 Å². The van der Waals surface area contributed by atoms with E-state index in [9.17, 15) is 14.4 Å². The van der Waals surface area contributed by atoms with Crippen molar-refractivity contribution in [3.05, 3.63) is 29.6 Å². The highest BCUT2D eigenvalue weighted by Gasteiger charge is 2.39. The largest absolute Gasteiger partial charge is 0.330 e. The molecule has 1 aliphatic heterocycles. The number of nitrogens with zero attached hydrogens (tertiary/aromatic N) is 2. The van der Waals surface area contributed by atoms with Gasteiger partial charge in [-0.25, -0.2) is 4.79 Å². The quantitative estimate of drug-likeness (QED) is 0.611. The number of amides is 2. The Morgan fingerprint density at radius 2 is 2.13 bits per heavy atom. The number of pyridine rings is 1. The maximum Gasteiger partial charge on any atom is 0.330 e. The minimum atomic E-state index is -0.732. The number of imide groups is 1. The number of hydrogen-bond donors (Lipinski definition) is 0. The van der Waals surface area contributed by atoms with Crippen molar-refractivity contribution >= 4 is 17.8 Å². The van der Waals surface area contributed by atoms with Crippen molar-refractivity contribution in [2.24, 2.45) is 0 Å². The number of rotatable bonds is 1. The molecule has 1 aromatic rings. The van der Waals surface area contributed by atoms with Crippen molar-refractivity contribution < 1.29 is 19.2 Å². The normalized spacial score (nSPS) is 14.1. The molecule has 15 heavy (non-hydrogen) atoms. The van der Waals surface area contributed by atoms with Gasteiger partial charge in [-0.15, -0.1) is 0 Å². The third-order valence-corrected chi connectivity index (χ3v) is 1.83. The molecular weight excluding hydrogens is 200 g/mol. The van der Waals surface area contributed by atoms with E-state index in [0.29, 0.717) is 5.06 Å². The van der Waals surface area contributed by atoms with Crippen molar-refractivity contribution in [2.75, 3.05) is 0 Å². The summed E-state index contributed by atoms with van der Waals surface area (Å²) in [7, 11) is 0. The summed E-state index contributed by atoms with van der Waals surface area (Å²) < 4.78 is 0. The number of carbonyl (C=O) groups excluding carboxylic acids is 3. The number of hydroxylamine groups is 2. The van der Waals surface area contributed by atoms with Gasteiger partial charge in [0.1, 0.15) is 5.69 Å². The Bertz CT molecular complexity index is 434. The SMILES string of the molecule is CC(=O)ON1C(=O)c2cccnc2C1=O. The predicted molar refractivity (Wildman–Crippen MR) is 46.5 cm³/mol. The van der Waals surface area contributed by atoms with Crippen molar-refractivity contribution in [1.29, 1.82) is 0 Å². The minimum absolute atomic E-state index is 0.00347. The first kappa shape index (κ1) is 9.32. The van der Waals surface area contributed by atoms with Gasteiger partial charge in [-0.2, -0.15) is 0 Å². The number of aromatic nitrogens is 1. The minimum Gasteiger partial charge on any atom is -0.330 e. The molecule has 1 aliphatic rings.